The summed E-state index contributed by atoms with van der Waals surface area (Å²) >= 11 is 1.36. The third kappa shape index (κ3) is 2.48. The number of hydrogen-bond donors (Lipinski definition) is 2. The van der Waals surface area contributed by atoms with Gasteiger partial charge in [-0.15, -0.1) is 0 Å². The van der Waals surface area contributed by atoms with E-state index >= 15 is 0 Å². The van der Waals surface area contributed by atoms with Crippen molar-refractivity contribution in [2.24, 2.45) is 10.9 Å². The minimum absolute atomic E-state index is 0.0736. The summed E-state index contributed by atoms with van der Waals surface area (Å²) in [5.74, 6) is 0.0736. The lowest BCUT2D eigenvalue weighted by Gasteiger charge is -2.08. The van der Waals surface area contributed by atoms with Gasteiger partial charge >= 0.3 is 0 Å². The van der Waals surface area contributed by atoms with Gasteiger partial charge in [-0.1, -0.05) is 17.3 Å². The highest BCUT2D eigenvalue weighted by Crippen LogP contribution is 2.32. The summed E-state index contributed by atoms with van der Waals surface area (Å²) in [5, 5.41) is 12.4. The number of nitrogens with two attached hydrogens (primary N) is 1. The van der Waals surface area contributed by atoms with Crippen LogP contribution in [-0.2, 0) is 0 Å². The van der Waals surface area contributed by atoms with Crippen molar-refractivity contribution in [3.05, 3.63) is 41.3 Å². The molecule has 0 aliphatic carbocycles. The summed E-state index contributed by atoms with van der Waals surface area (Å²) in [7, 11) is 0. The van der Waals surface area contributed by atoms with E-state index in [-0.39, 0.29) is 5.84 Å². The fourth-order valence-corrected chi connectivity index (χ4v) is 2.48. The van der Waals surface area contributed by atoms with Crippen LogP contribution in [0.4, 0.5) is 0 Å². The number of oxime groups is 1. The van der Waals surface area contributed by atoms with Crippen LogP contribution in [0.25, 0.3) is 0 Å². The van der Waals surface area contributed by atoms with E-state index in [4.69, 9.17) is 15.4 Å². The first-order valence-electron chi connectivity index (χ1n) is 5.29. The molecule has 0 saturated carbocycles. The van der Waals surface area contributed by atoms with Crippen molar-refractivity contribution in [1.82, 2.24) is 4.98 Å². The molecule has 0 bridgehead atoms. The molecule has 1 aromatic carbocycles. The quantitative estimate of drug-likeness (QED) is 0.385. The van der Waals surface area contributed by atoms with E-state index in [1.165, 1.54) is 11.8 Å². The summed E-state index contributed by atoms with van der Waals surface area (Å²) < 4.78 is 5.30. The maximum Gasteiger partial charge on any atom is 0.260 e. The Hall–Kier alpha value is -1.95. The van der Waals surface area contributed by atoms with Crippen molar-refractivity contribution >= 4 is 17.6 Å². The van der Waals surface area contributed by atoms with Gasteiger partial charge in [0, 0.05) is 10.5 Å². The fraction of sp³-hybridized carbons (Fsp3) is 0.167. The van der Waals surface area contributed by atoms with Crippen LogP contribution in [0.2, 0.25) is 0 Å². The first-order valence-corrected chi connectivity index (χ1v) is 6.11. The topological polar surface area (TPSA) is 84.6 Å². The van der Waals surface area contributed by atoms with Gasteiger partial charge in [0.05, 0.1) is 5.69 Å². The van der Waals surface area contributed by atoms with Crippen molar-refractivity contribution in [2.75, 3.05) is 0 Å². The molecular weight excluding hydrogens is 250 g/mol. The van der Waals surface area contributed by atoms with Crippen LogP contribution in [0, 0.1) is 13.8 Å². The minimum atomic E-state index is 0.0736. The van der Waals surface area contributed by atoms with Crippen LogP contribution in [-0.4, -0.2) is 16.0 Å². The van der Waals surface area contributed by atoms with Gasteiger partial charge in [0.25, 0.3) is 5.22 Å². The van der Waals surface area contributed by atoms with Crippen LogP contribution in [0.3, 0.4) is 0 Å². The van der Waals surface area contributed by atoms with Crippen molar-refractivity contribution < 1.29 is 9.62 Å². The molecule has 0 unspecified atom stereocenters. The molecule has 0 aliphatic heterocycles. The second-order valence-corrected chi connectivity index (χ2v) is 4.76. The molecule has 3 N–H and O–H groups in total. The Kier molecular flexibility index (Phi) is 3.57. The Labute approximate surface area is 109 Å². The van der Waals surface area contributed by atoms with Gasteiger partial charge in [0.1, 0.15) is 6.26 Å². The average Bonchev–Trinajstić information content (AvgIpc) is 2.76. The Balaban J connectivity index is 2.43. The third-order valence-corrected chi connectivity index (χ3v) is 3.49. The minimum Gasteiger partial charge on any atom is -0.439 e. The van der Waals surface area contributed by atoms with Crippen LogP contribution < -0.4 is 5.73 Å². The third-order valence-electron chi connectivity index (χ3n) is 2.38. The lowest BCUT2D eigenvalue weighted by molar-refractivity contribution is 0.318. The Morgan fingerprint density at radius 3 is 2.83 bits per heavy atom. The zero-order valence-corrected chi connectivity index (χ0v) is 10.9. The zero-order valence-electron chi connectivity index (χ0n) is 10.0. The number of amidine groups is 1. The van der Waals surface area contributed by atoms with Crippen LogP contribution >= 0.6 is 11.8 Å². The standard InChI is InChI=1S/C12H13N3O2S/c1-7-4-3-5-9(11(13)15-16)10(7)18-12-14-8(2)6-17-12/h3-6,16H,1-2H3,(H2,13,15). The molecular formula is C12H13N3O2S. The summed E-state index contributed by atoms with van der Waals surface area (Å²) in [6.07, 6.45) is 1.59. The molecule has 1 heterocycles. The predicted molar refractivity (Wildman–Crippen MR) is 69.1 cm³/mol. The molecule has 5 nitrogen and oxygen atoms in total. The fourth-order valence-electron chi connectivity index (χ4n) is 1.51. The van der Waals surface area contributed by atoms with Gasteiger partial charge in [-0.3, -0.25) is 0 Å². The first-order chi connectivity index (χ1) is 8.61. The number of aryl methyl sites for hydroxylation is 2. The van der Waals surface area contributed by atoms with Crippen LogP contribution in [0.1, 0.15) is 16.8 Å². The van der Waals surface area contributed by atoms with E-state index in [1.54, 1.807) is 12.3 Å². The normalized spacial score (nSPS) is 11.8. The number of hydrogen-bond acceptors (Lipinski definition) is 5. The molecule has 18 heavy (non-hydrogen) atoms. The SMILES string of the molecule is Cc1coc(Sc2c(C)cccc2/C(N)=N/O)n1. The van der Waals surface area contributed by atoms with Gasteiger partial charge in [0.15, 0.2) is 5.84 Å². The summed E-state index contributed by atoms with van der Waals surface area (Å²) in [6, 6.07) is 5.60. The molecule has 0 amide bonds. The van der Waals surface area contributed by atoms with E-state index < -0.39 is 0 Å². The largest absolute Gasteiger partial charge is 0.439 e. The lowest BCUT2D eigenvalue weighted by Crippen LogP contribution is -2.14. The van der Waals surface area contributed by atoms with Crippen molar-refractivity contribution in [3.8, 4) is 0 Å². The van der Waals surface area contributed by atoms with Gasteiger partial charge in [-0.05, 0) is 37.2 Å². The Morgan fingerprint density at radius 2 is 2.22 bits per heavy atom. The molecule has 2 rings (SSSR count). The highest BCUT2D eigenvalue weighted by Gasteiger charge is 2.13. The summed E-state index contributed by atoms with van der Waals surface area (Å²) in [4.78, 5) is 5.10. The average molecular weight is 263 g/mol. The summed E-state index contributed by atoms with van der Waals surface area (Å²) in [6.45, 7) is 3.81. The van der Waals surface area contributed by atoms with E-state index in [2.05, 4.69) is 10.1 Å². The highest BCUT2D eigenvalue weighted by atomic mass is 32.2. The maximum atomic E-state index is 8.79. The van der Waals surface area contributed by atoms with E-state index in [0.29, 0.717) is 10.8 Å². The molecule has 0 radical (unpaired) electrons. The molecule has 0 saturated heterocycles. The van der Waals surface area contributed by atoms with Crippen LogP contribution in [0.5, 0.6) is 0 Å². The molecule has 0 aliphatic rings. The zero-order chi connectivity index (χ0) is 13.1. The number of aromatic nitrogens is 1. The van der Waals surface area contributed by atoms with Gasteiger partial charge in [-0.2, -0.15) is 0 Å². The van der Waals surface area contributed by atoms with Crippen molar-refractivity contribution in [2.45, 2.75) is 24.0 Å². The van der Waals surface area contributed by atoms with Crippen LogP contribution in [0.15, 0.2) is 44.2 Å². The first kappa shape index (κ1) is 12.5. The molecule has 1 aromatic heterocycles. The Bertz CT molecular complexity index is 593. The lowest BCUT2D eigenvalue weighted by atomic mass is 10.1. The molecule has 0 atom stereocenters. The van der Waals surface area contributed by atoms with Crippen molar-refractivity contribution in [3.63, 3.8) is 0 Å². The second-order valence-electron chi connectivity index (χ2n) is 3.79. The number of benzene rings is 1. The van der Waals surface area contributed by atoms with Gasteiger partial charge in [-0.25, -0.2) is 4.98 Å². The number of rotatable bonds is 3. The molecule has 6 heteroatoms. The highest BCUT2D eigenvalue weighted by molar-refractivity contribution is 7.99. The van der Waals surface area contributed by atoms with Crippen molar-refractivity contribution in [1.29, 1.82) is 0 Å². The number of nitrogens with zero attached hydrogens (tertiary/aromatic N) is 2. The summed E-state index contributed by atoms with van der Waals surface area (Å²) in [5.41, 5.74) is 8.15. The number of oxazole rings is 1. The van der Waals surface area contributed by atoms with Gasteiger partial charge in [0.2, 0.25) is 0 Å². The maximum absolute atomic E-state index is 8.79. The predicted octanol–water partition coefficient (Wildman–Crippen LogP) is 2.54. The van der Waals surface area contributed by atoms with E-state index in [0.717, 1.165) is 16.2 Å². The molecule has 0 spiro atoms. The van der Waals surface area contributed by atoms with E-state index in [9.17, 15) is 0 Å². The molecule has 94 valence electrons. The van der Waals surface area contributed by atoms with E-state index in [1.807, 2.05) is 26.0 Å². The molecule has 0 fully saturated rings. The second kappa shape index (κ2) is 5.14. The monoisotopic (exact) mass is 263 g/mol. The van der Waals surface area contributed by atoms with Gasteiger partial charge < -0.3 is 15.4 Å². The Morgan fingerprint density at radius 1 is 1.44 bits per heavy atom. The smallest absolute Gasteiger partial charge is 0.260 e. The molecule has 2 aromatic rings.